The van der Waals surface area contributed by atoms with Crippen molar-refractivity contribution in [3.63, 3.8) is 0 Å². The van der Waals surface area contributed by atoms with Crippen LogP contribution in [0.2, 0.25) is 0 Å². The molecular formula is C22H24N2O5. The van der Waals surface area contributed by atoms with E-state index in [9.17, 15) is 9.59 Å². The number of carbonyl (C=O) groups excluding carboxylic acids is 2. The highest BCUT2D eigenvalue weighted by molar-refractivity contribution is 6.04. The van der Waals surface area contributed by atoms with E-state index in [1.54, 1.807) is 38.3 Å². The van der Waals surface area contributed by atoms with Crippen LogP contribution in [-0.4, -0.2) is 32.3 Å². The lowest BCUT2D eigenvalue weighted by Gasteiger charge is -2.29. The highest BCUT2D eigenvalue weighted by atomic mass is 16.5. The van der Waals surface area contributed by atoms with Crippen molar-refractivity contribution in [1.82, 2.24) is 10.6 Å². The molecular weight excluding hydrogens is 372 g/mol. The maximum absolute atomic E-state index is 12.9. The smallest absolute Gasteiger partial charge is 0.338 e. The SMILES string of the molecule is CCOC(=O)C1=C(c2ccc(OC)cc2)NC(=O)NC1c1cccc(OCC)c1. The lowest BCUT2D eigenvalue weighted by Crippen LogP contribution is -2.45. The van der Waals surface area contributed by atoms with Gasteiger partial charge in [-0.2, -0.15) is 0 Å². The van der Waals surface area contributed by atoms with Crippen LogP contribution < -0.4 is 20.1 Å². The molecule has 1 aliphatic heterocycles. The van der Waals surface area contributed by atoms with Crippen molar-refractivity contribution >= 4 is 17.7 Å². The Bertz CT molecular complexity index is 921. The second-order valence-corrected chi connectivity index (χ2v) is 6.27. The number of ether oxygens (including phenoxy) is 3. The number of methoxy groups -OCH3 is 1. The number of rotatable bonds is 7. The van der Waals surface area contributed by atoms with E-state index in [2.05, 4.69) is 10.6 Å². The standard InChI is InChI=1S/C22H24N2O5/c1-4-28-17-8-6-7-15(13-17)20-18(21(25)29-5-2)19(23-22(26)24-20)14-9-11-16(27-3)12-10-14/h6-13,20H,4-5H2,1-3H3,(H2,23,24,26). The molecule has 7 nitrogen and oxygen atoms in total. The fourth-order valence-corrected chi connectivity index (χ4v) is 3.18. The first-order valence-electron chi connectivity index (χ1n) is 9.43. The highest BCUT2D eigenvalue weighted by Crippen LogP contribution is 2.33. The van der Waals surface area contributed by atoms with Crippen molar-refractivity contribution in [2.24, 2.45) is 0 Å². The van der Waals surface area contributed by atoms with Crippen LogP contribution in [0.5, 0.6) is 11.5 Å². The molecule has 0 radical (unpaired) electrons. The zero-order valence-electron chi connectivity index (χ0n) is 16.7. The summed E-state index contributed by atoms with van der Waals surface area (Å²) in [7, 11) is 1.58. The number of benzene rings is 2. The molecule has 2 aromatic rings. The van der Waals surface area contributed by atoms with Crippen LogP contribution in [0.4, 0.5) is 4.79 Å². The number of nitrogens with one attached hydrogen (secondary N) is 2. The van der Waals surface area contributed by atoms with Gasteiger partial charge in [0.2, 0.25) is 0 Å². The van der Waals surface area contributed by atoms with E-state index in [1.165, 1.54) is 0 Å². The summed E-state index contributed by atoms with van der Waals surface area (Å²) in [4.78, 5) is 25.3. The Balaban J connectivity index is 2.13. The zero-order chi connectivity index (χ0) is 20.8. The van der Waals surface area contributed by atoms with E-state index in [4.69, 9.17) is 14.2 Å². The Morgan fingerprint density at radius 1 is 1.03 bits per heavy atom. The molecule has 3 rings (SSSR count). The number of amides is 2. The van der Waals surface area contributed by atoms with Crippen molar-refractivity contribution in [3.05, 3.63) is 65.2 Å². The van der Waals surface area contributed by atoms with Crippen LogP contribution in [0, 0.1) is 0 Å². The first-order chi connectivity index (χ1) is 14.1. The van der Waals surface area contributed by atoms with E-state index >= 15 is 0 Å². The van der Waals surface area contributed by atoms with Gasteiger partial charge in [-0.3, -0.25) is 0 Å². The minimum absolute atomic E-state index is 0.220. The Hall–Kier alpha value is -3.48. The first kappa shape index (κ1) is 20.3. The molecule has 1 unspecified atom stereocenters. The maximum Gasteiger partial charge on any atom is 0.338 e. The third-order valence-corrected chi connectivity index (χ3v) is 4.45. The molecule has 1 aliphatic rings. The molecule has 2 amide bonds. The molecule has 0 fully saturated rings. The average molecular weight is 396 g/mol. The van der Waals surface area contributed by atoms with Gasteiger partial charge in [0.1, 0.15) is 11.5 Å². The summed E-state index contributed by atoms with van der Waals surface area (Å²) in [6.45, 7) is 4.37. The van der Waals surface area contributed by atoms with Crippen molar-refractivity contribution in [2.45, 2.75) is 19.9 Å². The molecule has 152 valence electrons. The molecule has 0 spiro atoms. The summed E-state index contributed by atoms with van der Waals surface area (Å²) in [5.74, 6) is 0.831. The molecule has 0 saturated carbocycles. The van der Waals surface area contributed by atoms with Gasteiger partial charge in [0.25, 0.3) is 0 Å². The number of urea groups is 1. The van der Waals surface area contributed by atoms with Gasteiger partial charge in [-0.1, -0.05) is 12.1 Å². The number of carbonyl (C=O) groups is 2. The van der Waals surface area contributed by atoms with Gasteiger partial charge >= 0.3 is 12.0 Å². The van der Waals surface area contributed by atoms with Gasteiger partial charge in [-0.05, 0) is 61.4 Å². The largest absolute Gasteiger partial charge is 0.497 e. The fourth-order valence-electron chi connectivity index (χ4n) is 3.18. The Morgan fingerprint density at radius 2 is 1.79 bits per heavy atom. The molecule has 0 aliphatic carbocycles. The third-order valence-electron chi connectivity index (χ3n) is 4.45. The fraction of sp³-hybridized carbons (Fsp3) is 0.273. The molecule has 0 bridgehead atoms. The molecule has 0 aromatic heterocycles. The topological polar surface area (TPSA) is 85.9 Å². The van der Waals surface area contributed by atoms with Crippen molar-refractivity contribution in [1.29, 1.82) is 0 Å². The number of esters is 1. The summed E-state index contributed by atoms with van der Waals surface area (Å²) in [6.07, 6.45) is 0. The first-order valence-corrected chi connectivity index (χ1v) is 9.43. The van der Waals surface area contributed by atoms with E-state index in [0.717, 1.165) is 5.56 Å². The van der Waals surface area contributed by atoms with E-state index in [0.29, 0.717) is 34.9 Å². The van der Waals surface area contributed by atoms with E-state index in [-0.39, 0.29) is 6.61 Å². The summed E-state index contributed by atoms with van der Waals surface area (Å²) in [6, 6.07) is 13.3. The Morgan fingerprint density at radius 3 is 2.45 bits per heavy atom. The predicted molar refractivity (Wildman–Crippen MR) is 109 cm³/mol. The number of hydrogen-bond acceptors (Lipinski definition) is 5. The molecule has 1 atom stereocenters. The van der Waals surface area contributed by atoms with Crippen LogP contribution >= 0.6 is 0 Å². The monoisotopic (exact) mass is 396 g/mol. The molecule has 7 heteroatoms. The normalized spacial score (nSPS) is 16.0. The minimum atomic E-state index is -0.680. The molecule has 29 heavy (non-hydrogen) atoms. The highest BCUT2D eigenvalue weighted by Gasteiger charge is 2.34. The minimum Gasteiger partial charge on any atom is -0.497 e. The second-order valence-electron chi connectivity index (χ2n) is 6.27. The molecule has 1 heterocycles. The van der Waals surface area contributed by atoms with Crippen molar-refractivity contribution in [2.75, 3.05) is 20.3 Å². The summed E-state index contributed by atoms with van der Waals surface area (Å²) < 4.78 is 16.1. The lowest BCUT2D eigenvalue weighted by molar-refractivity contribution is -0.138. The third kappa shape index (κ3) is 4.51. The van der Waals surface area contributed by atoms with E-state index in [1.807, 2.05) is 31.2 Å². The van der Waals surface area contributed by atoms with Gasteiger partial charge in [0.05, 0.1) is 37.6 Å². The molecule has 2 N–H and O–H groups in total. The second kappa shape index (κ2) is 9.14. The van der Waals surface area contributed by atoms with Crippen LogP contribution in [-0.2, 0) is 9.53 Å². The zero-order valence-corrected chi connectivity index (χ0v) is 16.7. The maximum atomic E-state index is 12.9. The van der Waals surface area contributed by atoms with Crippen LogP contribution in [0.1, 0.15) is 31.0 Å². The summed E-state index contributed by atoms with van der Waals surface area (Å²) in [5.41, 5.74) is 2.13. The molecule has 0 saturated heterocycles. The lowest BCUT2D eigenvalue weighted by atomic mass is 9.92. The van der Waals surface area contributed by atoms with Crippen molar-refractivity contribution < 1.29 is 23.8 Å². The average Bonchev–Trinajstić information content (AvgIpc) is 2.74. The molecule has 2 aromatic carbocycles. The van der Waals surface area contributed by atoms with Gasteiger partial charge in [0.15, 0.2) is 0 Å². The Kier molecular flexibility index (Phi) is 6.39. The van der Waals surface area contributed by atoms with Crippen molar-refractivity contribution in [3.8, 4) is 11.5 Å². The van der Waals surface area contributed by atoms with Gasteiger partial charge in [-0.15, -0.1) is 0 Å². The van der Waals surface area contributed by atoms with E-state index < -0.39 is 18.0 Å². The summed E-state index contributed by atoms with van der Waals surface area (Å²) in [5, 5.41) is 5.58. The van der Waals surface area contributed by atoms with Crippen LogP contribution in [0.3, 0.4) is 0 Å². The quantitative estimate of drug-likeness (QED) is 0.701. The summed E-state index contributed by atoms with van der Waals surface area (Å²) >= 11 is 0. The van der Waals surface area contributed by atoms with Crippen LogP contribution in [0.15, 0.2) is 54.1 Å². The van der Waals surface area contributed by atoms with Gasteiger partial charge in [-0.25, -0.2) is 9.59 Å². The van der Waals surface area contributed by atoms with Gasteiger partial charge < -0.3 is 24.8 Å². The van der Waals surface area contributed by atoms with Gasteiger partial charge in [0, 0.05) is 0 Å². The Labute approximate surface area is 169 Å². The van der Waals surface area contributed by atoms with Crippen LogP contribution in [0.25, 0.3) is 5.70 Å². The number of hydrogen-bond donors (Lipinski definition) is 2. The predicted octanol–water partition coefficient (Wildman–Crippen LogP) is 3.42.